The number of ether oxygens (including phenoxy) is 1. The number of aromatic carboxylic acids is 1. The Hall–Kier alpha value is -1.41. The fraction of sp³-hybridized carbons (Fsp3) is 0.308. The molecule has 0 aliphatic carbocycles. The number of methoxy groups -OCH3 is 1. The number of aromatic nitrogens is 3. The van der Waals surface area contributed by atoms with E-state index in [4.69, 9.17) is 4.74 Å². The molecule has 6 nitrogen and oxygen atoms in total. The standard InChI is InChI=1S/C13H13Br2N3O3/c1-6(2)12-11(13(19)20)16-17-18(12)9-5-10(21-3)8(15)4-7(9)14/h4-6H,1-3H3,(H,19,20). The van der Waals surface area contributed by atoms with Crippen molar-refractivity contribution in [3.8, 4) is 11.4 Å². The van der Waals surface area contributed by atoms with Crippen LogP contribution < -0.4 is 4.74 Å². The number of carboxylic acid groups (broad SMARTS) is 1. The fourth-order valence-electron chi connectivity index (χ4n) is 1.97. The minimum Gasteiger partial charge on any atom is -0.495 e. The molecule has 8 heteroatoms. The van der Waals surface area contributed by atoms with E-state index in [0.29, 0.717) is 17.1 Å². The van der Waals surface area contributed by atoms with E-state index < -0.39 is 5.97 Å². The largest absolute Gasteiger partial charge is 0.495 e. The van der Waals surface area contributed by atoms with Crippen LogP contribution in [0.4, 0.5) is 0 Å². The molecular formula is C13H13Br2N3O3. The summed E-state index contributed by atoms with van der Waals surface area (Å²) in [6.07, 6.45) is 0. The number of hydrogen-bond donors (Lipinski definition) is 1. The molecule has 21 heavy (non-hydrogen) atoms. The summed E-state index contributed by atoms with van der Waals surface area (Å²) < 4.78 is 8.32. The first-order valence-electron chi connectivity index (χ1n) is 6.09. The zero-order valence-electron chi connectivity index (χ0n) is 11.6. The van der Waals surface area contributed by atoms with Gasteiger partial charge in [0.2, 0.25) is 0 Å². The van der Waals surface area contributed by atoms with E-state index in [2.05, 4.69) is 42.2 Å². The predicted octanol–water partition coefficient (Wildman–Crippen LogP) is 3.62. The maximum atomic E-state index is 11.3. The zero-order valence-corrected chi connectivity index (χ0v) is 14.8. The number of nitrogens with zero attached hydrogens (tertiary/aromatic N) is 3. The fourth-order valence-corrected chi connectivity index (χ4v) is 3.30. The van der Waals surface area contributed by atoms with Gasteiger partial charge in [0, 0.05) is 10.5 Å². The monoisotopic (exact) mass is 417 g/mol. The van der Waals surface area contributed by atoms with Crippen LogP contribution in [0, 0.1) is 0 Å². The molecule has 0 bridgehead atoms. The average molecular weight is 419 g/mol. The Morgan fingerprint density at radius 1 is 1.33 bits per heavy atom. The van der Waals surface area contributed by atoms with E-state index in [0.717, 1.165) is 8.95 Å². The van der Waals surface area contributed by atoms with Crippen LogP contribution in [-0.2, 0) is 0 Å². The lowest BCUT2D eigenvalue weighted by Crippen LogP contribution is -2.09. The van der Waals surface area contributed by atoms with E-state index >= 15 is 0 Å². The van der Waals surface area contributed by atoms with Gasteiger partial charge >= 0.3 is 5.97 Å². The van der Waals surface area contributed by atoms with E-state index in [9.17, 15) is 9.90 Å². The van der Waals surface area contributed by atoms with Crippen molar-refractivity contribution in [2.45, 2.75) is 19.8 Å². The second kappa shape index (κ2) is 6.15. The van der Waals surface area contributed by atoms with Gasteiger partial charge in [0.05, 0.1) is 23.0 Å². The van der Waals surface area contributed by atoms with E-state index in [1.807, 2.05) is 19.9 Å². The van der Waals surface area contributed by atoms with Crippen molar-refractivity contribution < 1.29 is 14.6 Å². The molecule has 0 amide bonds. The maximum absolute atomic E-state index is 11.3. The third-order valence-electron chi connectivity index (χ3n) is 2.90. The van der Waals surface area contributed by atoms with Gasteiger partial charge in [0.1, 0.15) is 5.75 Å². The highest BCUT2D eigenvalue weighted by molar-refractivity contribution is 9.11. The van der Waals surface area contributed by atoms with Crippen molar-refractivity contribution in [2.75, 3.05) is 7.11 Å². The Labute approximate surface area is 138 Å². The summed E-state index contributed by atoms with van der Waals surface area (Å²) in [5.74, 6) is -0.520. The van der Waals surface area contributed by atoms with Gasteiger partial charge in [0.15, 0.2) is 5.69 Å². The number of carboxylic acids is 1. The van der Waals surface area contributed by atoms with Gasteiger partial charge in [-0.1, -0.05) is 19.1 Å². The molecule has 0 radical (unpaired) electrons. The van der Waals surface area contributed by atoms with Gasteiger partial charge in [-0.05, 0) is 43.8 Å². The summed E-state index contributed by atoms with van der Waals surface area (Å²) in [6.45, 7) is 3.79. The molecule has 1 N–H and O–H groups in total. The smallest absolute Gasteiger partial charge is 0.358 e. The number of benzene rings is 1. The predicted molar refractivity (Wildman–Crippen MR) is 84.4 cm³/mol. The third kappa shape index (κ3) is 2.96. The maximum Gasteiger partial charge on any atom is 0.358 e. The van der Waals surface area contributed by atoms with Crippen molar-refractivity contribution in [3.63, 3.8) is 0 Å². The summed E-state index contributed by atoms with van der Waals surface area (Å²) in [4.78, 5) is 11.3. The van der Waals surface area contributed by atoms with Crippen molar-refractivity contribution >= 4 is 37.8 Å². The summed E-state index contributed by atoms with van der Waals surface area (Å²) in [6, 6.07) is 3.58. The van der Waals surface area contributed by atoms with Crippen LogP contribution in [-0.4, -0.2) is 33.2 Å². The molecule has 1 aromatic heterocycles. The number of rotatable bonds is 4. The Morgan fingerprint density at radius 3 is 2.52 bits per heavy atom. The summed E-state index contributed by atoms with van der Waals surface area (Å²) >= 11 is 6.85. The van der Waals surface area contributed by atoms with Crippen molar-refractivity contribution in [1.29, 1.82) is 0 Å². The van der Waals surface area contributed by atoms with Gasteiger partial charge in [-0.3, -0.25) is 0 Å². The van der Waals surface area contributed by atoms with Crippen molar-refractivity contribution in [2.24, 2.45) is 0 Å². The Kier molecular flexibility index (Phi) is 4.67. The molecular weight excluding hydrogens is 406 g/mol. The van der Waals surface area contributed by atoms with E-state index in [-0.39, 0.29) is 11.6 Å². The minimum absolute atomic E-state index is 0.0428. The SMILES string of the molecule is COc1cc(-n2nnc(C(=O)O)c2C(C)C)c(Br)cc1Br. The lowest BCUT2D eigenvalue weighted by Gasteiger charge is -2.13. The first kappa shape index (κ1) is 16.0. The van der Waals surface area contributed by atoms with Gasteiger partial charge in [-0.15, -0.1) is 5.10 Å². The number of carbonyl (C=O) groups is 1. The van der Waals surface area contributed by atoms with Gasteiger partial charge in [-0.25, -0.2) is 9.48 Å². The van der Waals surface area contributed by atoms with Crippen LogP contribution in [0.15, 0.2) is 21.1 Å². The molecule has 1 heterocycles. The summed E-state index contributed by atoms with van der Waals surface area (Å²) in [5.41, 5.74) is 1.16. The molecule has 1 aromatic carbocycles. The average Bonchev–Trinajstić information content (AvgIpc) is 2.83. The summed E-state index contributed by atoms with van der Waals surface area (Å²) in [7, 11) is 1.56. The Morgan fingerprint density at radius 2 is 2.00 bits per heavy atom. The van der Waals surface area contributed by atoms with Crippen LogP contribution >= 0.6 is 31.9 Å². The minimum atomic E-state index is -1.09. The molecule has 0 spiro atoms. The number of halogens is 2. The highest BCUT2D eigenvalue weighted by Crippen LogP contribution is 2.34. The topological polar surface area (TPSA) is 77.2 Å². The van der Waals surface area contributed by atoms with E-state index in [1.54, 1.807) is 13.2 Å². The van der Waals surface area contributed by atoms with Gasteiger partial charge in [-0.2, -0.15) is 0 Å². The highest BCUT2D eigenvalue weighted by atomic mass is 79.9. The normalized spacial score (nSPS) is 11.0. The van der Waals surface area contributed by atoms with Crippen molar-refractivity contribution in [1.82, 2.24) is 15.0 Å². The molecule has 2 rings (SSSR count). The Balaban J connectivity index is 2.70. The van der Waals surface area contributed by atoms with Crippen LogP contribution in [0.1, 0.15) is 35.9 Å². The second-order valence-corrected chi connectivity index (χ2v) is 6.34. The molecule has 0 saturated heterocycles. The first-order chi connectivity index (χ1) is 9.86. The molecule has 0 saturated carbocycles. The van der Waals surface area contributed by atoms with Gasteiger partial charge in [0.25, 0.3) is 0 Å². The third-order valence-corrected chi connectivity index (χ3v) is 4.16. The van der Waals surface area contributed by atoms with Crippen LogP contribution in [0.5, 0.6) is 5.75 Å². The Bertz CT molecular complexity index is 698. The molecule has 2 aromatic rings. The lowest BCUT2D eigenvalue weighted by molar-refractivity contribution is 0.0688. The quantitative estimate of drug-likeness (QED) is 0.820. The lowest BCUT2D eigenvalue weighted by atomic mass is 10.1. The summed E-state index contributed by atoms with van der Waals surface area (Å²) in [5, 5.41) is 17.0. The molecule has 0 aliphatic heterocycles. The molecule has 0 fully saturated rings. The highest BCUT2D eigenvalue weighted by Gasteiger charge is 2.24. The van der Waals surface area contributed by atoms with Crippen LogP contribution in [0.3, 0.4) is 0 Å². The van der Waals surface area contributed by atoms with Crippen LogP contribution in [0.2, 0.25) is 0 Å². The molecule has 112 valence electrons. The second-order valence-electron chi connectivity index (χ2n) is 4.63. The van der Waals surface area contributed by atoms with Crippen molar-refractivity contribution in [3.05, 3.63) is 32.5 Å². The first-order valence-corrected chi connectivity index (χ1v) is 7.67. The van der Waals surface area contributed by atoms with E-state index in [1.165, 1.54) is 4.68 Å². The van der Waals surface area contributed by atoms with Gasteiger partial charge < -0.3 is 9.84 Å². The number of hydrogen-bond acceptors (Lipinski definition) is 4. The zero-order chi connectivity index (χ0) is 15.7. The molecule has 0 atom stereocenters. The molecule has 0 unspecified atom stereocenters. The molecule has 0 aliphatic rings. The van der Waals surface area contributed by atoms with Crippen LogP contribution in [0.25, 0.3) is 5.69 Å².